The summed E-state index contributed by atoms with van der Waals surface area (Å²) in [5.74, 6) is 0.486. The normalized spacial score (nSPS) is 12.0. The zero-order chi connectivity index (χ0) is 20.1. The highest BCUT2D eigenvalue weighted by molar-refractivity contribution is 5.89. The predicted molar refractivity (Wildman–Crippen MR) is 110 cm³/mol. The fraction of sp³-hybridized carbons (Fsp3) is 0.286. The Hall–Kier alpha value is -3.19. The number of amides is 2. The van der Waals surface area contributed by atoms with E-state index in [9.17, 15) is 9.59 Å². The van der Waals surface area contributed by atoms with Crippen LogP contribution in [-0.4, -0.2) is 29.3 Å². The molecule has 0 spiro atoms. The van der Waals surface area contributed by atoms with E-state index in [1.807, 2.05) is 43.3 Å². The Bertz CT molecular complexity index is 1050. The highest BCUT2D eigenvalue weighted by Gasteiger charge is 2.18. The number of benzene rings is 2. The van der Waals surface area contributed by atoms with Crippen LogP contribution in [0, 0.1) is 6.92 Å². The number of hydrogen-bond acceptors (Lipinski definition) is 4. The molecule has 7 nitrogen and oxygen atoms in total. The lowest BCUT2D eigenvalue weighted by Crippen LogP contribution is -2.36. The van der Waals surface area contributed by atoms with Crippen molar-refractivity contribution in [2.75, 3.05) is 19.0 Å². The molecule has 28 heavy (non-hydrogen) atoms. The van der Waals surface area contributed by atoms with E-state index in [0.29, 0.717) is 35.6 Å². The molecule has 0 aliphatic heterocycles. The Morgan fingerprint density at radius 1 is 1.21 bits per heavy atom. The van der Waals surface area contributed by atoms with Gasteiger partial charge in [-0.1, -0.05) is 24.3 Å². The molecule has 0 saturated carbocycles. The summed E-state index contributed by atoms with van der Waals surface area (Å²) in [5, 5.41) is 6.21. The third-order valence-electron chi connectivity index (χ3n) is 4.42. The van der Waals surface area contributed by atoms with Gasteiger partial charge in [-0.25, -0.2) is 9.78 Å². The van der Waals surface area contributed by atoms with Crippen molar-refractivity contribution in [1.82, 2.24) is 14.9 Å². The summed E-state index contributed by atoms with van der Waals surface area (Å²) < 4.78 is 6.69. The van der Waals surface area contributed by atoms with Crippen molar-refractivity contribution >= 4 is 22.6 Å². The zero-order valence-electron chi connectivity index (χ0n) is 16.2. The molecule has 1 aromatic heterocycles. The summed E-state index contributed by atoms with van der Waals surface area (Å²) in [6, 6.07) is 13.9. The number of fused-ring (bicyclic) bond motifs is 1. The second-order valence-corrected chi connectivity index (χ2v) is 6.63. The Kier molecular flexibility index (Phi) is 6.06. The van der Waals surface area contributed by atoms with Gasteiger partial charge in [0.25, 0.3) is 5.56 Å². The quantitative estimate of drug-likeness (QED) is 0.687. The maximum absolute atomic E-state index is 12.9. The molecule has 1 heterocycles. The van der Waals surface area contributed by atoms with Gasteiger partial charge in [0, 0.05) is 12.8 Å². The molecule has 2 N–H and O–H groups in total. The molecule has 0 bridgehead atoms. The third kappa shape index (κ3) is 4.37. The summed E-state index contributed by atoms with van der Waals surface area (Å²) in [6.07, 6.45) is 0. The number of nitrogens with one attached hydrogen (secondary N) is 2. The molecule has 3 aromatic rings. The highest BCUT2D eigenvalue weighted by atomic mass is 16.5. The number of carbonyl (C=O) groups excluding carboxylic acids is 1. The monoisotopic (exact) mass is 380 g/mol. The fourth-order valence-electron chi connectivity index (χ4n) is 3.07. The molecule has 2 amide bonds. The van der Waals surface area contributed by atoms with Crippen LogP contribution < -0.4 is 16.2 Å². The number of aryl methyl sites for hydroxylation is 1. The molecular weight excluding hydrogens is 356 g/mol. The number of anilines is 1. The molecule has 146 valence electrons. The Morgan fingerprint density at radius 3 is 2.75 bits per heavy atom. The van der Waals surface area contributed by atoms with Crippen LogP contribution in [0.3, 0.4) is 0 Å². The topological polar surface area (TPSA) is 85.2 Å². The van der Waals surface area contributed by atoms with E-state index in [0.717, 1.165) is 5.56 Å². The summed E-state index contributed by atoms with van der Waals surface area (Å²) in [4.78, 5) is 30.0. The molecular formula is C21H24N4O3. The van der Waals surface area contributed by atoms with E-state index >= 15 is 0 Å². The molecule has 0 unspecified atom stereocenters. The van der Waals surface area contributed by atoms with Crippen LogP contribution in [0.25, 0.3) is 10.9 Å². The molecule has 1 atom stereocenters. The highest BCUT2D eigenvalue weighted by Crippen LogP contribution is 2.15. The van der Waals surface area contributed by atoms with Crippen molar-refractivity contribution in [3.8, 4) is 0 Å². The second-order valence-electron chi connectivity index (χ2n) is 6.63. The third-order valence-corrected chi connectivity index (χ3v) is 4.42. The maximum atomic E-state index is 12.9. The van der Waals surface area contributed by atoms with Crippen LogP contribution in [0.2, 0.25) is 0 Å². The van der Waals surface area contributed by atoms with E-state index in [1.54, 1.807) is 30.7 Å². The number of methoxy groups -OCH3 is 1. The largest absolute Gasteiger partial charge is 0.383 e. The van der Waals surface area contributed by atoms with Gasteiger partial charge in [0.15, 0.2) is 0 Å². The Labute approximate surface area is 163 Å². The van der Waals surface area contributed by atoms with Gasteiger partial charge in [-0.15, -0.1) is 0 Å². The van der Waals surface area contributed by atoms with Crippen molar-refractivity contribution < 1.29 is 9.53 Å². The lowest BCUT2D eigenvalue weighted by molar-refractivity contribution is 0.184. The number of hydrogen-bond donors (Lipinski definition) is 2. The average Bonchev–Trinajstić information content (AvgIpc) is 2.67. The van der Waals surface area contributed by atoms with Crippen LogP contribution >= 0.6 is 0 Å². The van der Waals surface area contributed by atoms with Crippen molar-refractivity contribution in [2.45, 2.75) is 26.4 Å². The number of ether oxygens (including phenoxy) is 1. The van der Waals surface area contributed by atoms with Crippen LogP contribution in [0.4, 0.5) is 10.5 Å². The van der Waals surface area contributed by atoms with Crippen molar-refractivity contribution in [1.29, 1.82) is 0 Å². The van der Waals surface area contributed by atoms with Gasteiger partial charge in [-0.2, -0.15) is 0 Å². The molecule has 0 fully saturated rings. The molecule has 7 heteroatoms. The molecule has 3 rings (SSSR count). The number of nitrogens with zero attached hydrogens (tertiary/aromatic N) is 2. The zero-order valence-corrected chi connectivity index (χ0v) is 16.2. The molecule has 0 saturated heterocycles. The summed E-state index contributed by atoms with van der Waals surface area (Å²) >= 11 is 0. The number of carbonyl (C=O) groups is 1. The molecule has 2 aromatic carbocycles. The van der Waals surface area contributed by atoms with Crippen LogP contribution in [-0.2, 0) is 11.3 Å². The van der Waals surface area contributed by atoms with Gasteiger partial charge in [0.1, 0.15) is 5.82 Å². The maximum Gasteiger partial charge on any atom is 0.319 e. The lowest BCUT2D eigenvalue weighted by atomic mass is 10.2. The van der Waals surface area contributed by atoms with E-state index < -0.39 is 6.04 Å². The van der Waals surface area contributed by atoms with Crippen LogP contribution in [0.15, 0.2) is 53.3 Å². The summed E-state index contributed by atoms with van der Waals surface area (Å²) in [5.41, 5.74) is 2.21. The standard InChI is InChI=1S/C21H24N4O3/c1-14-7-6-8-16(13-14)23-21(27)22-15(2)19-24-18-10-5-4-9-17(18)20(26)25(19)11-12-28-3/h4-10,13,15H,11-12H2,1-3H3,(H2,22,23,27)/t15-/m0/s1. The number of para-hydroxylation sites is 1. The lowest BCUT2D eigenvalue weighted by Gasteiger charge is -2.19. The minimum atomic E-state index is -0.473. The Balaban J connectivity index is 1.88. The van der Waals surface area contributed by atoms with Crippen LogP contribution in [0.5, 0.6) is 0 Å². The van der Waals surface area contributed by atoms with E-state index in [1.165, 1.54) is 0 Å². The first kappa shape index (κ1) is 19.6. The SMILES string of the molecule is COCCn1c([C@H](C)NC(=O)Nc2cccc(C)c2)nc2ccccc2c1=O. The summed E-state index contributed by atoms with van der Waals surface area (Å²) in [7, 11) is 1.58. The molecule has 0 aliphatic carbocycles. The first-order valence-electron chi connectivity index (χ1n) is 9.12. The first-order chi connectivity index (χ1) is 13.5. The predicted octanol–water partition coefficient (Wildman–Crippen LogP) is 3.23. The van der Waals surface area contributed by atoms with Crippen LogP contribution in [0.1, 0.15) is 24.4 Å². The summed E-state index contributed by atoms with van der Waals surface area (Å²) in [6.45, 7) is 4.48. The number of aromatic nitrogens is 2. The van der Waals surface area contributed by atoms with Crippen molar-refractivity contribution in [3.63, 3.8) is 0 Å². The van der Waals surface area contributed by atoms with Crippen molar-refractivity contribution in [2.24, 2.45) is 0 Å². The molecule has 0 radical (unpaired) electrons. The number of urea groups is 1. The fourth-order valence-corrected chi connectivity index (χ4v) is 3.07. The van der Waals surface area contributed by atoms with Gasteiger partial charge in [-0.05, 0) is 43.7 Å². The van der Waals surface area contributed by atoms with E-state index in [2.05, 4.69) is 15.6 Å². The Morgan fingerprint density at radius 2 is 2.00 bits per heavy atom. The second kappa shape index (κ2) is 8.67. The van der Waals surface area contributed by atoms with Gasteiger partial charge >= 0.3 is 6.03 Å². The molecule has 0 aliphatic rings. The minimum absolute atomic E-state index is 0.148. The van der Waals surface area contributed by atoms with Gasteiger partial charge in [-0.3, -0.25) is 9.36 Å². The smallest absolute Gasteiger partial charge is 0.319 e. The minimum Gasteiger partial charge on any atom is -0.383 e. The van der Waals surface area contributed by atoms with E-state index in [4.69, 9.17) is 4.74 Å². The first-order valence-corrected chi connectivity index (χ1v) is 9.12. The van der Waals surface area contributed by atoms with Gasteiger partial charge < -0.3 is 15.4 Å². The van der Waals surface area contributed by atoms with Crippen molar-refractivity contribution in [3.05, 3.63) is 70.3 Å². The van der Waals surface area contributed by atoms with Gasteiger partial charge in [0.2, 0.25) is 0 Å². The number of rotatable bonds is 6. The van der Waals surface area contributed by atoms with Gasteiger partial charge in [0.05, 0.1) is 30.1 Å². The van der Waals surface area contributed by atoms with E-state index in [-0.39, 0.29) is 11.6 Å². The average molecular weight is 380 g/mol.